The number of fused-ring (bicyclic) bond motifs is 1. The van der Waals surface area contributed by atoms with Crippen molar-refractivity contribution in [2.75, 3.05) is 7.11 Å². The Labute approximate surface area is 113 Å². The van der Waals surface area contributed by atoms with Gasteiger partial charge in [0.05, 0.1) is 12.7 Å². The quantitative estimate of drug-likeness (QED) is 0.822. The van der Waals surface area contributed by atoms with Gasteiger partial charge in [-0.05, 0) is 17.9 Å². The molecule has 1 aliphatic rings. The van der Waals surface area contributed by atoms with E-state index in [1.54, 1.807) is 0 Å². The van der Waals surface area contributed by atoms with Crippen molar-refractivity contribution in [3.05, 3.63) is 34.9 Å². The molecule has 0 unspecified atom stereocenters. The molecule has 0 atom stereocenters. The van der Waals surface area contributed by atoms with Gasteiger partial charge in [-0.1, -0.05) is 20.8 Å². The molecule has 0 saturated carbocycles. The van der Waals surface area contributed by atoms with Crippen molar-refractivity contribution in [2.24, 2.45) is 12.5 Å². The van der Waals surface area contributed by atoms with E-state index in [4.69, 9.17) is 4.74 Å². The lowest BCUT2D eigenvalue weighted by Gasteiger charge is -2.18. The number of hydrogen-bond donors (Lipinski definition) is 0. The first kappa shape index (κ1) is 13.6. The molecule has 1 aromatic rings. The van der Waals surface area contributed by atoms with Crippen molar-refractivity contribution in [2.45, 2.75) is 27.2 Å². The largest absolute Gasteiger partial charge is 0.492 e. The van der Waals surface area contributed by atoms with Crippen molar-refractivity contribution in [3.63, 3.8) is 0 Å². The number of carbonyl (C=O) groups excluding carboxylic acids is 2. The van der Waals surface area contributed by atoms with Crippen LogP contribution in [0.5, 0.6) is 0 Å². The molecule has 102 valence electrons. The van der Waals surface area contributed by atoms with Crippen LogP contribution in [0.2, 0.25) is 0 Å². The summed E-state index contributed by atoms with van der Waals surface area (Å²) < 4.78 is 6.79. The number of ether oxygens (including phenoxy) is 1. The Hall–Kier alpha value is -1.84. The summed E-state index contributed by atoms with van der Waals surface area (Å²) in [6.07, 6.45) is 2.07. The van der Waals surface area contributed by atoms with Crippen LogP contribution in [-0.2, 0) is 18.2 Å². The molecule has 0 radical (unpaired) electrons. The SMILES string of the molecule is COC1=CC(=O)c2c(cc(CC(C)(C)C)n2C)C1=O. The first-order valence-corrected chi connectivity index (χ1v) is 6.28. The zero-order chi connectivity index (χ0) is 14.4. The number of Topliss-reactive ketones (excluding diaryl/α,β-unsaturated/α-hetero) is 1. The fourth-order valence-electron chi connectivity index (χ4n) is 2.38. The maximum Gasteiger partial charge on any atom is 0.229 e. The van der Waals surface area contributed by atoms with E-state index >= 15 is 0 Å². The molecule has 2 rings (SSSR count). The summed E-state index contributed by atoms with van der Waals surface area (Å²) >= 11 is 0. The highest BCUT2D eigenvalue weighted by Gasteiger charge is 2.31. The fraction of sp³-hybridized carbons (Fsp3) is 0.467. The van der Waals surface area contributed by atoms with Gasteiger partial charge in [-0.25, -0.2) is 0 Å². The van der Waals surface area contributed by atoms with E-state index in [-0.39, 0.29) is 22.7 Å². The summed E-state index contributed by atoms with van der Waals surface area (Å²) in [6, 6.07) is 1.81. The van der Waals surface area contributed by atoms with Gasteiger partial charge in [0.25, 0.3) is 0 Å². The third-order valence-corrected chi connectivity index (χ3v) is 3.23. The maximum atomic E-state index is 12.2. The zero-order valence-electron chi connectivity index (χ0n) is 12.0. The van der Waals surface area contributed by atoms with Crippen LogP contribution in [0, 0.1) is 5.41 Å². The molecule has 1 heterocycles. The maximum absolute atomic E-state index is 12.2. The van der Waals surface area contributed by atoms with Gasteiger partial charge >= 0.3 is 0 Å². The Balaban J connectivity index is 2.51. The van der Waals surface area contributed by atoms with E-state index in [1.165, 1.54) is 13.2 Å². The van der Waals surface area contributed by atoms with E-state index < -0.39 is 0 Å². The number of methoxy groups -OCH3 is 1. The van der Waals surface area contributed by atoms with Crippen molar-refractivity contribution in [3.8, 4) is 0 Å². The average Bonchev–Trinajstić information content (AvgIpc) is 2.60. The van der Waals surface area contributed by atoms with Crippen LogP contribution < -0.4 is 0 Å². The van der Waals surface area contributed by atoms with Gasteiger partial charge in [0.2, 0.25) is 11.6 Å². The van der Waals surface area contributed by atoms with Crippen LogP contribution in [0.25, 0.3) is 0 Å². The summed E-state index contributed by atoms with van der Waals surface area (Å²) in [5.74, 6) is -0.271. The predicted molar refractivity (Wildman–Crippen MR) is 72.3 cm³/mol. The number of rotatable bonds is 2. The van der Waals surface area contributed by atoms with Gasteiger partial charge in [0.15, 0.2) is 5.76 Å². The molecule has 1 aromatic heterocycles. The molecular weight excluding hydrogens is 242 g/mol. The van der Waals surface area contributed by atoms with E-state index in [0.29, 0.717) is 11.3 Å². The molecule has 1 aliphatic carbocycles. The highest BCUT2D eigenvalue weighted by molar-refractivity contribution is 6.23. The first-order valence-electron chi connectivity index (χ1n) is 6.28. The average molecular weight is 261 g/mol. The predicted octanol–water partition coefficient (Wildman–Crippen LogP) is 2.52. The minimum absolute atomic E-state index is 0.0956. The lowest BCUT2D eigenvalue weighted by molar-refractivity contribution is 0.0914. The Morgan fingerprint density at radius 2 is 1.89 bits per heavy atom. The Morgan fingerprint density at radius 3 is 2.42 bits per heavy atom. The van der Waals surface area contributed by atoms with Crippen molar-refractivity contribution in [1.29, 1.82) is 0 Å². The third kappa shape index (κ3) is 2.35. The molecule has 0 aliphatic heterocycles. The van der Waals surface area contributed by atoms with Crippen LogP contribution in [0.4, 0.5) is 0 Å². The minimum atomic E-state index is -0.215. The van der Waals surface area contributed by atoms with Crippen LogP contribution >= 0.6 is 0 Å². The van der Waals surface area contributed by atoms with Gasteiger partial charge in [0, 0.05) is 18.8 Å². The van der Waals surface area contributed by atoms with Crippen molar-refractivity contribution >= 4 is 11.6 Å². The third-order valence-electron chi connectivity index (χ3n) is 3.23. The van der Waals surface area contributed by atoms with E-state index in [1.807, 2.05) is 17.7 Å². The summed E-state index contributed by atoms with van der Waals surface area (Å²) in [6.45, 7) is 6.38. The topological polar surface area (TPSA) is 48.3 Å². The summed E-state index contributed by atoms with van der Waals surface area (Å²) in [4.78, 5) is 24.2. The second-order valence-corrected chi connectivity index (χ2v) is 6.10. The van der Waals surface area contributed by atoms with Crippen LogP contribution in [0.15, 0.2) is 17.9 Å². The first-order chi connectivity index (χ1) is 8.74. The van der Waals surface area contributed by atoms with E-state index in [9.17, 15) is 9.59 Å². The lowest BCUT2D eigenvalue weighted by Crippen LogP contribution is -2.19. The molecule has 0 spiro atoms. The van der Waals surface area contributed by atoms with Crippen molar-refractivity contribution < 1.29 is 14.3 Å². The van der Waals surface area contributed by atoms with Gasteiger partial charge in [0.1, 0.15) is 5.69 Å². The summed E-state index contributed by atoms with van der Waals surface area (Å²) in [5, 5.41) is 0. The molecule has 0 N–H and O–H groups in total. The molecule has 0 bridgehead atoms. The Kier molecular flexibility index (Phi) is 3.12. The monoisotopic (exact) mass is 261 g/mol. The zero-order valence-corrected chi connectivity index (χ0v) is 12.0. The fourth-order valence-corrected chi connectivity index (χ4v) is 2.38. The van der Waals surface area contributed by atoms with E-state index in [2.05, 4.69) is 20.8 Å². The number of carbonyl (C=O) groups is 2. The lowest BCUT2D eigenvalue weighted by atomic mass is 9.90. The molecule has 4 nitrogen and oxygen atoms in total. The minimum Gasteiger partial charge on any atom is -0.492 e. The van der Waals surface area contributed by atoms with Crippen molar-refractivity contribution in [1.82, 2.24) is 4.57 Å². The molecule has 0 amide bonds. The number of hydrogen-bond acceptors (Lipinski definition) is 3. The molecular formula is C15H19NO3. The molecule has 0 fully saturated rings. The molecule has 0 saturated heterocycles. The number of aromatic nitrogens is 1. The standard InChI is InChI=1S/C15H19NO3/c1-15(2,3)8-9-6-10-13(16(9)4)11(17)7-12(19-5)14(10)18/h6-7H,8H2,1-5H3. The highest BCUT2D eigenvalue weighted by Crippen LogP contribution is 2.28. The number of allylic oxidation sites excluding steroid dienone is 2. The van der Waals surface area contributed by atoms with Gasteiger partial charge in [-0.3, -0.25) is 9.59 Å². The number of ketones is 2. The van der Waals surface area contributed by atoms with Gasteiger partial charge < -0.3 is 9.30 Å². The molecule has 0 aromatic carbocycles. The normalized spacial score (nSPS) is 15.3. The number of nitrogens with zero attached hydrogens (tertiary/aromatic N) is 1. The smallest absolute Gasteiger partial charge is 0.229 e. The van der Waals surface area contributed by atoms with Gasteiger partial charge in [-0.15, -0.1) is 0 Å². The second kappa shape index (κ2) is 4.37. The summed E-state index contributed by atoms with van der Waals surface area (Å²) in [5.41, 5.74) is 2.00. The van der Waals surface area contributed by atoms with Crippen LogP contribution in [0.1, 0.15) is 47.3 Å². The second-order valence-electron chi connectivity index (χ2n) is 6.10. The summed E-state index contributed by atoms with van der Waals surface area (Å²) in [7, 11) is 3.23. The van der Waals surface area contributed by atoms with Crippen LogP contribution in [-0.4, -0.2) is 23.2 Å². The van der Waals surface area contributed by atoms with E-state index in [0.717, 1.165) is 12.1 Å². The molecule has 4 heteroatoms. The highest BCUT2D eigenvalue weighted by atomic mass is 16.5. The van der Waals surface area contributed by atoms with Crippen LogP contribution in [0.3, 0.4) is 0 Å². The Bertz CT molecular complexity index is 585. The molecule has 19 heavy (non-hydrogen) atoms. The van der Waals surface area contributed by atoms with Gasteiger partial charge in [-0.2, -0.15) is 0 Å². The Morgan fingerprint density at radius 1 is 1.26 bits per heavy atom.